The van der Waals surface area contributed by atoms with Crippen molar-refractivity contribution in [1.82, 2.24) is 9.97 Å². The van der Waals surface area contributed by atoms with Crippen LogP contribution in [0.5, 0.6) is 0 Å². The van der Waals surface area contributed by atoms with Crippen LogP contribution in [-0.4, -0.2) is 15.5 Å². The molecule has 0 saturated heterocycles. The minimum absolute atomic E-state index is 0.105. The molecule has 0 aliphatic carbocycles. The highest BCUT2D eigenvalue weighted by Gasteiger charge is 2.13. The van der Waals surface area contributed by atoms with Gasteiger partial charge in [-0.1, -0.05) is 60.7 Å². The average Bonchev–Trinajstić information content (AvgIpc) is 2.60. The van der Waals surface area contributed by atoms with Crippen molar-refractivity contribution in [2.75, 3.05) is 10.6 Å². The summed E-state index contributed by atoms with van der Waals surface area (Å²) in [6, 6.07) is 22.5. The van der Waals surface area contributed by atoms with Crippen LogP contribution >= 0.6 is 0 Å². The van der Waals surface area contributed by atoms with Crippen molar-refractivity contribution in [2.45, 2.75) is 32.9 Å². The lowest BCUT2D eigenvalue weighted by Gasteiger charge is -2.21. The summed E-state index contributed by atoms with van der Waals surface area (Å²) < 4.78 is 0. The maximum atomic E-state index is 4.68. The summed E-state index contributed by atoms with van der Waals surface area (Å²) in [7, 11) is 0. The monoisotopic (exact) mass is 332 g/mol. The van der Waals surface area contributed by atoms with Crippen LogP contribution in [0, 0.1) is 0 Å². The van der Waals surface area contributed by atoms with E-state index in [1.54, 1.807) is 0 Å². The number of benzene rings is 2. The van der Waals surface area contributed by atoms with Crippen LogP contribution in [0.25, 0.3) is 11.3 Å². The second kappa shape index (κ2) is 7.34. The van der Waals surface area contributed by atoms with E-state index in [1.165, 1.54) is 5.56 Å². The minimum atomic E-state index is -0.105. The van der Waals surface area contributed by atoms with Crippen molar-refractivity contribution in [3.8, 4) is 11.3 Å². The molecule has 1 heterocycles. The number of rotatable bonds is 5. The van der Waals surface area contributed by atoms with Crippen molar-refractivity contribution in [3.05, 3.63) is 72.3 Å². The molecule has 3 rings (SSSR count). The van der Waals surface area contributed by atoms with Gasteiger partial charge >= 0.3 is 0 Å². The molecule has 0 aliphatic rings. The fraction of sp³-hybridized carbons (Fsp3) is 0.238. The number of hydrogen-bond acceptors (Lipinski definition) is 4. The molecule has 0 saturated carbocycles. The van der Waals surface area contributed by atoms with Crippen LogP contribution in [0.2, 0.25) is 0 Å². The molecule has 0 unspecified atom stereocenters. The second-order valence-corrected chi connectivity index (χ2v) is 7.04. The zero-order valence-electron chi connectivity index (χ0n) is 15.0. The first-order chi connectivity index (χ1) is 12.0. The molecule has 0 spiro atoms. The molecule has 0 atom stereocenters. The summed E-state index contributed by atoms with van der Waals surface area (Å²) in [5.41, 5.74) is 3.08. The van der Waals surface area contributed by atoms with Crippen LogP contribution in [0.3, 0.4) is 0 Å². The Labute approximate surface area is 149 Å². The highest BCUT2D eigenvalue weighted by molar-refractivity contribution is 5.64. The Bertz CT molecular complexity index is 808. The maximum absolute atomic E-state index is 4.68. The normalized spacial score (nSPS) is 11.2. The van der Waals surface area contributed by atoms with Gasteiger partial charge in [-0.15, -0.1) is 0 Å². The highest BCUT2D eigenvalue weighted by atomic mass is 15.2. The maximum Gasteiger partial charge on any atom is 0.225 e. The van der Waals surface area contributed by atoms with Crippen LogP contribution in [-0.2, 0) is 6.54 Å². The molecule has 4 heteroatoms. The van der Waals surface area contributed by atoms with Gasteiger partial charge in [-0.2, -0.15) is 4.98 Å². The van der Waals surface area contributed by atoms with Gasteiger partial charge in [-0.3, -0.25) is 0 Å². The van der Waals surface area contributed by atoms with Gasteiger partial charge in [0.05, 0.1) is 5.69 Å². The first-order valence-electron chi connectivity index (χ1n) is 8.50. The largest absolute Gasteiger partial charge is 0.366 e. The molecule has 3 aromatic rings. The van der Waals surface area contributed by atoms with Crippen LogP contribution in [0.15, 0.2) is 66.7 Å². The summed E-state index contributed by atoms with van der Waals surface area (Å²) >= 11 is 0. The molecule has 0 radical (unpaired) electrons. The van der Waals surface area contributed by atoms with Crippen molar-refractivity contribution < 1.29 is 0 Å². The summed E-state index contributed by atoms with van der Waals surface area (Å²) in [6.07, 6.45) is 0. The molecule has 1 aromatic heterocycles. The van der Waals surface area contributed by atoms with Gasteiger partial charge in [0.1, 0.15) is 5.82 Å². The van der Waals surface area contributed by atoms with Gasteiger partial charge in [0.25, 0.3) is 0 Å². The van der Waals surface area contributed by atoms with Gasteiger partial charge in [-0.25, -0.2) is 4.98 Å². The van der Waals surface area contributed by atoms with E-state index < -0.39 is 0 Å². The molecule has 2 aromatic carbocycles. The van der Waals surface area contributed by atoms with Crippen molar-refractivity contribution in [1.29, 1.82) is 0 Å². The van der Waals surface area contributed by atoms with E-state index in [2.05, 4.69) is 65.6 Å². The fourth-order valence-electron chi connectivity index (χ4n) is 2.47. The van der Waals surface area contributed by atoms with Crippen molar-refractivity contribution in [3.63, 3.8) is 0 Å². The van der Waals surface area contributed by atoms with E-state index in [1.807, 2.05) is 42.5 Å². The van der Waals surface area contributed by atoms with Crippen LogP contribution in [0.1, 0.15) is 26.3 Å². The summed E-state index contributed by atoms with van der Waals surface area (Å²) in [5.74, 6) is 1.44. The molecule has 0 bridgehead atoms. The fourth-order valence-corrected chi connectivity index (χ4v) is 2.47. The Morgan fingerprint density at radius 1 is 0.840 bits per heavy atom. The quantitative estimate of drug-likeness (QED) is 0.693. The third-order valence-corrected chi connectivity index (χ3v) is 3.60. The van der Waals surface area contributed by atoms with Gasteiger partial charge in [0, 0.05) is 23.7 Å². The van der Waals surface area contributed by atoms with E-state index >= 15 is 0 Å². The number of aromatic nitrogens is 2. The molecular weight excluding hydrogens is 308 g/mol. The van der Waals surface area contributed by atoms with E-state index in [9.17, 15) is 0 Å². The van der Waals surface area contributed by atoms with Gasteiger partial charge in [0.2, 0.25) is 5.95 Å². The van der Waals surface area contributed by atoms with Gasteiger partial charge in [0.15, 0.2) is 0 Å². The Morgan fingerprint density at radius 3 is 2.12 bits per heavy atom. The van der Waals surface area contributed by atoms with Crippen LogP contribution in [0.4, 0.5) is 11.8 Å². The standard InChI is InChI=1S/C21H24N4/c1-21(2,3)25-20-23-18(17-12-8-5-9-13-17)14-19(24-20)22-15-16-10-6-4-7-11-16/h4-14H,15H2,1-3H3,(H2,22,23,24,25). The summed E-state index contributed by atoms with van der Waals surface area (Å²) in [4.78, 5) is 9.31. The summed E-state index contributed by atoms with van der Waals surface area (Å²) in [6.45, 7) is 7.02. The van der Waals surface area contributed by atoms with Crippen molar-refractivity contribution >= 4 is 11.8 Å². The minimum Gasteiger partial charge on any atom is -0.366 e. The smallest absolute Gasteiger partial charge is 0.225 e. The number of anilines is 2. The number of nitrogens with one attached hydrogen (secondary N) is 2. The molecule has 0 fully saturated rings. The topological polar surface area (TPSA) is 49.8 Å². The SMILES string of the molecule is CC(C)(C)Nc1nc(NCc2ccccc2)cc(-c2ccccc2)n1. The third kappa shape index (κ3) is 5.05. The van der Waals surface area contributed by atoms with Gasteiger partial charge in [-0.05, 0) is 26.3 Å². The molecule has 0 amide bonds. The first kappa shape index (κ1) is 17.0. The predicted octanol–water partition coefficient (Wildman–Crippen LogP) is 4.97. The number of hydrogen-bond donors (Lipinski definition) is 2. The molecule has 128 valence electrons. The zero-order chi connectivity index (χ0) is 17.7. The van der Waals surface area contributed by atoms with E-state index in [0.29, 0.717) is 5.95 Å². The molecule has 0 aliphatic heterocycles. The van der Waals surface area contributed by atoms with E-state index in [-0.39, 0.29) is 5.54 Å². The average molecular weight is 332 g/mol. The molecule has 25 heavy (non-hydrogen) atoms. The Kier molecular flexibility index (Phi) is 4.98. The highest BCUT2D eigenvalue weighted by Crippen LogP contribution is 2.23. The first-order valence-corrected chi connectivity index (χ1v) is 8.50. The molecular formula is C21H24N4. The van der Waals surface area contributed by atoms with E-state index in [4.69, 9.17) is 0 Å². The summed E-state index contributed by atoms with van der Waals surface area (Å²) in [5, 5.41) is 6.77. The number of nitrogens with zero attached hydrogens (tertiary/aromatic N) is 2. The molecule has 2 N–H and O–H groups in total. The lowest BCUT2D eigenvalue weighted by molar-refractivity contribution is 0.626. The van der Waals surface area contributed by atoms with E-state index in [0.717, 1.165) is 23.6 Å². The third-order valence-electron chi connectivity index (χ3n) is 3.60. The molecule has 4 nitrogen and oxygen atoms in total. The second-order valence-electron chi connectivity index (χ2n) is 7.04. The lowest BCUT2D eigenvalue weighted by Crippen LogP contribution is -2.27. The zero-order valence-corrected chi connectivity index (χ0v) is 15.0. The van der Waals surface area contributed by atoms with Crippen molar-refractivity contribution in [2.24, 2.45) is 0 Å². The Balaban J connectivity index is 1.89. The Morgan fingerprint density at radius 2 is 1.48 bits per heavy atom. The predicted molar refractivity (Wildman–Crippen MR) is 105 cm³/mol. The van der Waals surface area contributed by atoms with Gasteiger partial charge < -0.3 is 10.6 Å². The lowest BCUT2D eigenvalue weighted by atomic mass is 10.1. The Hall–Kier alpha value is -2.88. The van der Waals surface area contributed by atoms with Crippen LogP contribution < -0.4 is 10.6 Å².